The molecule has 1 aromatic carbocycles. The zero-order valence-electron chi connectivity index (χ0n) is 20.9. The lowest BCUT2D eigenvalue weighted by Crippen LogP contribution is -2.39. The molecule has 0 aromatic heterocycles. The number of carbonyl (C=O) groups excluding carboxylic acids is 4. The number of ether oxygens (including phenoxy) is 4. The van der Waals surface area contributed by atoms with E-state index < -0.39 is 36.2 Å². The third kappa shape index (κ3) is 10.3. The summed E-state index contributed by atoms with van der Waals surface area (Å²) in [5.74, 6) is -1.42. The van der Waals surface area contributed by atoms with Crippen LogP contribution in [-0.4, -0.2) is 42.1 Å². The third-order valence-electron chi connectivity index (χ3n) is 5.00. The van der Waals surface area contributed by atoms with Crippen LogP contribution in [0, 0.1) is 5.92 Å². The van der Waals surface area contributed by atoms with Crippen LogP contribution in [0.5, 0.6) is 11.5 Å². The van der Waals surface area contributed by atoms with Crippen molar-refractivity contribution >= 4 is 23.9 Å². The number of esters is 4. The largest absolute Gasteiger partial charge is 0.459 e. The molecule has 0 heterocycles. The molecule has 190 valence electrons. The van der Waals surface area contributed by atoms with Gasteiger partial charge in [-0.1, -0.05) is 33.8 Å². The maximum Gasteiger partial charge on any atom is 0.323 e. The topological polar surface area (TPSA) is 131 Å². The van der Waals surface area contributed by atoms with Crippen LogP contribution < -0.4 is 15.2 Å². The minimum absolute atomic E-state index is 0.0713. The molecule has 0 fully saturated rings. The van der Waals surface area contributed by atoms with Gasteiger partial charge >= 0.3 is 23.9 Å². The fraction of sp³-hybridized carbons (Fsp3) is 0.600. The van der Waals surface area contributed by atoms with Crippen LogP contribution in [0.1, 0.15) is 72.8 Å². The maximum atomic E-state index is 12.5. The Labute approximate surface area is 201 Å². The van der Waals surface area contributed by atoms with Gasteiger partial charge in [0.15, 0.2) is 11.5 Å². The van der Waals surface area contributed by atoms with Gasteiger partial charge in [-0.05, 0) is 50.3 Å². The van der Waals surface area contributed by atoms with E-state index in [1.54, 1.807) is 33.8 Å². The van der Waals surface area contributed by atoms with Crippen LogP contribution in [0.25, 0.3) is 0 Å². The van der Waals surface area contributed by atoms with Gasteiger partial charge in [0.05, 0.1) is 0 Å². The number of rotatable bonds is 13. The Hall–Kier alpha value is -2.94. The van der Waals surface area contributed by atoms with Gasteiger partial charge in [-0.25, -0.2) is 0 Å². The Morgan fingerprint density at radius 1 is 0.824 bits per heavy atom. The normalized spacial score (nSPS) is 13.5. The molecule has 1 aromatic rings. The molecule has 0 bridgehead atoms. The fourth-order valence-electron chi connectivity index (χ4n) is 2.71. The van der Waals surface area contributed by atoms with Gasteiger partial charge in [0, 0.05) is 19.3 Å². The summed E-state index contributed by atoms with van der Waals surface area (Å²) in [5.41, 5.74) is 6.61. The lowest BCUT2D eigenvalue weighted by atomic mass is 10.1. The average molecular weight is 480 g/mol. The first-order chi connectivity index (χ1) is 16.0. The van der Waals surface area contributed by atoms with Crippen molar-refractivity contribution in [2.75, 3.05) is 0 Å². The van der Waals surface area contributed by atoms with Gasteiger partial charge in [0.2, 0.25) is 0 Å². The van der Waals surface area contributed by atoms with Gasteiger partial charge in [0.25, 0.3) is 0 Å². The summed E-state index contributed by atoms with van der Waals surface area (Å²) in [6, 6.07) is 3.60. The summed E-state index contributed by atoms with van der Waals surface area (Å²) in [7, 11) is 0. The Morgan fingerprint density at radius 3 is 1.94 bits per heavy atom. The SMILES string of the molecule is CCC(=O)Oc1ccc(C[C@H](N)C(=O)O[C@@H](C)[C@H](C)OC(=O)CCC(C)C)cc1OC(=O)CC. The van der Waals surface area contributed by atoms with Gasteiger partial charge in [-0.15, -0.1) is 0 Å². The van der Waals surface area contributed by atoms with Crippen molar-refractivity contribution in [1.82, 2.24) is 0 Å². The molecule has 0 aliphatic carbocycles. The van der Waals surface area contributed by atoms with Crippen LogP contribution in [0.4, 0.5) is 0 Å². The molecule has 2 N–H and O–H groups in total. The summed E-state index contributed by atoms with van der Waals surface area (Å²) in [6.45, 7) is 10.6. The van der Waals surface area contributed by atoms with Crippen molar-refractivity contribution in [1.29, 1.82) is 0 Å². The Bertz CT molecular complexity index is 851. The Balaban J connectivity index is 2.77. The standard InChI is InChI=1S/C25H37NO8/c1-7-22(27)33-20-11-10-18(14-21(20)34-23(28)8-2)13-19(26)25(30)32-17(6)16(5)31-24(29)12-9-15(3)4/h10-11,14-17,19H,7-9,12-13,26H2,1-6H3/t16-,17-,19-/m0/s1. The second kappa shape index (κ2) is 14.3. The van der Waals surface area contributed by atoms with Crippen LogP contribution in [0.15, 0.2) is 18.2 Å². The minimum Gasteiger partial charge on any atom is -0.459 e. The Morgan fingerprint density at radius 2 is 1.38 bits per heavy atom. The highest BCUT2D eigenvalue weighted by Crippen LogP contribution is 2.30. The highest BCUT2D eigenvalue weighted by molar-refractivity contribution is 5.77. The molecular weight excluding hydrogens is 442 g/mol. The van der Waals surface area contributed by atoms with Crippen molar-refractivity contribution in [2.24, 2.45) is 11.7 Å². The van der Waals surface area contributed by atoms with E-state index in [0.717, 1.165) is 6.42 Å². The number of nitrogens with two attached hydrogens (primary N) is 1. The molecule has 1 rings (SSSR count). The number of carbonyl (C=O) groups is 4. The van der Waals surface area contributed by atoms with E-state index in [4.69, 9.17) is 24.7 Å². The molecule has 0 aliphatic heterocycles. The number of hydrogen-bond donors (Lipinski definition) is 1. The van der Waals surface area contributed by atoms with Crippen LogP contribution >= 0.6 is 0 Å². The summed E-state index contributed by atoms with van der Waals surface area (Å²) in [6.07, 6.45) is 0.0976. The molecule has 34 heavy (non-hydrogen) atoms. The van der Waals surface area contributed by atoms with Crippen molar-refractivity contribution in [3.8, 4) is 11.5 Å². The van der Waals surface area contributed by atoms with Gasteiger partial charge in [0.1, 0.15) is 18.2 Å². The van der Waals surface area contributed by atoms with E-state index >= 15 is 0 Å². The average Bonchev–Trinajstić information content (AvgIpc) is 2.78. The zero-order chi connectivity index (χ0) is 25.8. The van der Waals surface area contributed by atoms with Crippen molar-refractivity contribution in [3.05, 3.63) is 23.8 Å². The van der Waals surface area contributed by atoms with E-state index in [1.807, 2.05) is 13.8 Å². The van der Waals surface area contributed by atoms with Crippen LogP contribution in [0.2, 0.25) is 0 Å². The predicted molar refractivity (Wildman–Crippen MR) is 125 cm³/mol. The summed E-state index contributed by atoms with van der Waals surface area (Å²) >= 11 is 0. The molecule has 3 atom stereocenters. The Kier molecular flexibility index (Phi) is 12.3. The van der Waals surface area contributed by atoms with Gasteiger partial charge in [-0.2, -0.15) is 0 Å². The molecule has 0 spiro atoms. The number of benzene rings is 1. The zero-order valence-corrected chi connectivity index (χ0v) is 20.9. The summed E-state index contributed by atoms with van der Waals surface area (Å²) in [4.78, 5) is 47.8. The van der Waals surface area contributed by atoms with E-state index in [1.165, 1.54) is 12.1 Å². The lowest BCUT2D eigenvalue weighted by molar-refractivity contribution is -0.166. The second-order valence-corrected chi connectivity index (χ2v) is 8.52. The first-order valence-corrected chi connectivity index (χ1v) is 11.7. The molecule has 9 nitrogen and oxygen atoms in total. The molecule has 0 aliphatic rings. The highest BCUT2D eigenvalue weighted by Gasteiger charge is 2.25. The molecule has 0 unspecified atom stereocenters. The minimum atomic E-state index is -1.01. The maximum absolute atomic E-state index is 12.5. The van der Waals surface area contributed by atoms with Crippen LogP contribution in [0.3, 0.4) is 0 Å². The van der Waals surface area contributed by atoms with Crippen molar-refractivity contribution in [2.45, 2.75) is 91.9 Å². The fourth-order valence-corrected chi connectivity index (χ4v) is 2.71. The predicted octanol–water partition coefficient (Wildman–Crippen LogP) is 3.49. The first kappa shape index (κ1) is 29.1. The molecule has 0 radical (unpaired) electrons. The molecular formula is C25H37NO8. The molecule has 9 heteroatoms. The van der Waals surface area contributed by atoms with Crippen LogP contribution in [-0.2, 0) is 35.1 Å². The first-order valence-electron chi connectivity index (χ1n) is 11.7. The number of hydrogen-bond acceptors (Lipinski definition) is 9. The monoisotopic (exact) mass is 479 g/mol. The molecule has 0 amide bonds. The summed E-state index contributed by atoms with van der Waals surface area (Å²) in [5, 5.41) is 0. The third-order valence-corrected chi connectivity index (χ3v) is 5.00. The van der Waals surface area contributed by atoms with E-state index in [0.29, 0.717) is 17.9 Å². The van der Waals surface area contributed by atoms with E-state index in [-0.39, 0.29) is 36.7 Å². The highest BCUT2D eigenvalue weighted by atomic mass is 16.6. The molecule has 0 saturated carbocycles. The van der Waals surface area contributed by atoms with Gasteiger partial charge < -0.3 is 24.7 Å². The lowest BCUT2D eigenvalue weighted by Gasteiger charge is -2.22. The smallest absolute Gasteiger partial charge is 0.323 e. The summed E-state index contributed by atoms with van der Waals surface area (Å²) < 4.78 is 21.2. The van der Waals surface area contributed by atoms with Gasteiger partial charge in [-0.3, -0.25) is 19.2 Å². The second-order valence-electron chi connectivity index (χ2n) is 8.52. The quantitative estimate of drug-likeness (QED) is 0.333. The van der Waals surface area contributed by atoms with E-state index in [2.05, 4.69) is 0 Å². The van der Waals surface area contributed by atoms with Crippen molar-refractivity contribution in [3.63, 3.8) is 0 Å². The molecule has 0 saturated heterocycles. The van der Waals surface area contributed by atoms with Crippen molar-refractivity contribution < 1.29 is 38.1 Å². The van der Waals surface area contributed by atoms with E-state index in [9.17, 15) is 19.2 Å².